The van der Waals surface area contributed by atoms with Gasteiger partial charge < -0.3 is 18.1 Å². The molecule has 0 aliphatic rings. The van der Waals surface area contributed by atoms with Crippen LogP contribution in [0.5, 0.6) is 0 Å². The molecule has 0 N–H and O–H groups in total. The van der Waals surface area contributed by atoms with E-state index in [0.29, 0.717) is 23.2 Å². The third kappa shape index (κ3) is 6.19. The van der Waals surface area contributed by atoms with Gasteiger partial charge in [-0.3, -0.25) is 4.98 Å². The van der Waals surface area contributed by atoms with Crippen molar-refractivity contribution in [3.8, 4) is 62.5 Å². The molecule has 0 aliphatic heterocycles. The largest absolute Gasteiger partial charge is 0.455 e. The number of nitrogens with zero attached hydrogens (tertiary/aromatic N) is 7. The normalized spacial score (nSPS) is 11.9. The first-order chi connectivity index (χ1) is 35.7. The number of para-hydroxylation sites is 5. The molecule has 72 heavy (non-hydrogen) atoms. The third-order valence-electron chi connectivity index (χ3n) is 14.2. The molecule has 15 aromatic rings. The standard InChI is InChI=1S/C64H39N7O/c1-3-16-43(17-4-1)69-36-34-50-55(69)33-30-48-53-39-41(40-28-31-57-52(38-40)46-21-7-9-26-56(46)70(57)44-18-5-2-6-19-44)29-32-58(53)71(60(48)50)45-20-13-15-42(37-45)62-66-63(68-64(67-62)54-25-11-12-35-65-54)51-24-14-23-49-47-22-8-10-27-59(47)72-61(49)51/h1-39H. The van der Waals surface area contributed by atoms with Crippen molar-refractivity contribution in [3.05, 3.63) is 237 Å². The Morgan fingerprint density at radius 1 is 0.347 bits per heavy atom. The highest BCUT2D eigenvalue weighted by Gasteiger charge is 2.22. The first-order valence-electron chi connectivity index (χ1n) is 24.1. The Bertz CT molecular complexity index is 4620. The lowest BCUT2D eigenvalue weighted by Gasteiger charge is -2.12. The Balaban J connectivity index is 0.933. The van der Waals surface area contributed by atoms with E-state index in [1.54, 1.807) is 6.20 Å². The average Bonchev–Trinajstić information content (AvgIpc) is 4.23. The van der Waals surface area contributed by atoms with Crippen molar-refractivity contribution in [1.29, 1.82) is 0 Å². The Labute approximate surface area is 412 Å². The molecule has 0 aliphatic carbocycles. The summed E-state index contributed by atoms with van der Waals surface area (Å²) >= 11 is 0. The van der Waals surface area contributed by atoms with E-state index < -0.39 is 0 Å². The number of fused-ring (bicyclic) bond motifs is 11. The lowest BCUT2D eigenvalue weighted by molar-refractivity contribution is 0.669. The van der Waals surface area contributed by atoms with Crippen molar-refractivity contribution in [2.45, 2.75) is 0 Å². The van der Waals surface area contributed by atoms with Gasteiger partial charge in [0, 0.05) is 72.7 Å². The van der Waals surface area contributed by atoms with Crippen molar-refractivity contribution in [2.75, 3.05) is 0 Å². The number of benzene rings is 9. The van der Waals surface area contributed by atoms with Crippen LogP contribution in [0.1, 0.15) is 0 Å². The van der Waals surface area contributed by atoms with Gasteiger partial charge in [-0.05, 0) is 114 Å². The SMILES string of the molecule is c1ccc(-n2ccc3c2ccc2c4cc(-c5ccc6c(c5)c5ccccc5n6-c5ccccc5)ccc4n(-c4cccc(-c5nc(-c6ccccn6)nc(-c6cccc7c6oc6ccccc67)n5)c4)c23)cc1. The van der Waals surface area contributed by atoms with Crippen LogP contribution in [0.3, 0.4) is 0 Å². The van der Waals surface area contributed by atoms with Crippen molar-refractivity contribution in [3.63, 3.8) is 0 Å². The van der Waals surface area contributed by atoms with Crippen molar-refractivity contribution >= 4 is 76.5 Å². The van der Waals surface area contributed by atoms with Crippen molar-refractivity contribution in [1.82, 2.24) is 33.6 Å². The van der Waals surface area contributed by atoms with Crippen LogP contribution in [0.15, 0.2) is 241 Å². The molecular formula is C64H39N7O. The van der Waals surface area contributed by atoms with E-state index in [2.05, 4.69) is 201 Å². The maximum absolute atomic E-state index is 6.51. The molecule has 0 amide bonds. The fraction of sp³-hybridized carbons (Fsp3) is 0. The number of rotatable bonds is 7. The molecule has 0 unspecified atom stereocenters. The highest BCUT2D eigenvalue weighted by molar-refractivity contribution is 6.19. The van der Waals surface area contributed by atoms with Crippen molar-refractivity contribution < 1.29 is 4.42 Å². The highest BCUT2D eigenvalue weighted by Crippen LogP contribution is 2.42. The molecule has 0 fully saturated rings. The minimum atomic E-state index is 0.477. The Kier molecular flexibility index (Phi) is 8.79. The molecule has 15 rings (SSSR count). The molecule has 0 saturated carbocycles. The fourth-order valence-electron chi connectivity index (χ4n) is 10.9. The van der Waals surface area contributed by atoms with Crippen LogP contribution >= 0.6 is 0 Å². The van der Waals surface area contributed by atoms with Gasteiger partial charge >= 0.3 is 0 Å². The van der Waals surface area contributed by atoms with E-state index >= 15 is 0 Å². The van der Waals surface area contributed by atoms with Crippen LogP contribution in [0.2, 0.25) is 0 Å². The summed E-state index contributed by atoms with van der Waals surface area (Å²) in [6, 6.07) is 79.0. The number of hydrogen-bond acceptors (Lipinski definition) is 5. The summed E-state index contributed by atoms with van der Waals surface area (Å²) in [6.07, 6.45) is 3.94. The van der Waals surface area contributed by atoms with Gasteiger partial charge in [0.15, 0.2) is 17.5 Å². The lowest BCUT2D eigenvalue weighted by atomic mass is 10.0. The van der Waals surface area contributed by atoms with Gasteiger partial charge in [0.1, 0.15) is 16.9 Å². The van der Waals surface area contributed by atoms with Gasteiger partial charge in [-0.15, -0.1) is 0 Å². The zero-order valence-electron chi connectivity index (χ0n) is 38.6. The number of pyridine rings is 1. The number of aromatic nitrogens is 7. The topological polar surface area (TPSA) is 79.5 Å². The van der Waals surface area contributed by atoms with Crippen LogP contribution in [0, 0.1) is 0 Å². The smallest absolute Gasteiger partial charge is 0.182 e. The van der Waals surface area contributed by atoms with Crippen LogP contribution in [0.25, 0.3) is 139 Å². The summed E-state index contributed by atoms with van der Waals surface area (Å²) in [5.74, 6) is 1.51. The van der Waals surface area contributed by atoms with Gasteiger partial charge in [0.25, 0.3) is 0 Å². The fourth-order valence-corrected chi connectivity index (χ4v) is 10.9. The summed E-state index contributed by atoms with van der Waals surface area (Å²) in [4.78, 5) is 20.1. The molecule has 0 radical (unpaired) electrons. The van der Waals surface area contributed by atoms with Gasteiger partial charge in [0.05, 0.1) is 33.1 Å². The summed E-state index contributed by atoms with van der Waals surface area (Å²) in [7, 11) is 0. The molecule has 9 aromatic carbocycles. The molecular weight excluding hydrogens is 883 g/mol. The monoisotopic (exact) mass is 921 g/mol. The lowest BCUT2D eigenvalue weighted by Crippen LogP contribution is -2.02. The van der Waals surface area contributed by atoms with Crippen LogP contribution < -0.4 is 0 Å². The number of furan rings is 1. The van der Waals surface area contributed by atoms with Crippen LogP contribution in [-0.2, 0) is 0 Å². The van der Waals surface area contributed by atoms with E-state index in [1.807, 2.05) is 48.5 Å². The summed E-state index contributed by atoms with van der Waals surface area (Å²) in [5.41, 5.74) is 15.1. The van der Waals surface area contributed by atoms with Crippen molar-refractivity contribution in [2.24, 2.45) is 0 Å². The second-order valence-electron chi connectivity index (χ2n) is 18.3. The first-order valence-corrected chi connectivity index (χ1v) is 24.1. The van der Waals surface area contributed by atoms with E-state index in [1.165, 1.54) is 21.8 Å². The second-order valence-corrected chi connectivity index (χ2v) is 18.3. The minimum absolute atomic E-state index is 0.477. The van der Waals surface area contributed by atoms with Gasteiger partial charge in [0.2, 0.25) is 0 Å². The highest BCUT2D eigenvalue weighted by atomic mass is 16.3. The molecule has 8 heteroatoms. The zero-order valence-corrected chi connectivity index (χ0v) is 38.6. The Hall–Kier alpha value is -9.92. The number of hydrogen-bond donors (Lipinski definition) is 0. The van der Waals surface area contributed by atoms with Gasteiger partial charge in [-0.1, -0.05) is 121 Å². The predicted octanol–water partition coefficient (Wildman–Crippen LogP) is 16.0. The zero-order chi connectivity index (χ0) is 47.3. The molecule has 0 saturated heterocycles. The Morgan fingerprint density at radius 2 is 0.986 bits per heavy atom. The molecule has 0 bridgehead atoms. The maximum atomic E-state index is 6.51. The quantitative estimate of drug-likeness (QED) is 0.159. The molecule has 0 spiro atoms. The average molecular weight is 922 g/mol. The molecule has 8 nitrogen and oxygen atoms in total. The molecule has 336 valence electrons. The van der Waals surface area contributed by atoms with Gasteiger partial charge in [-0.2, -0.15) is 0 Å². The first kappa shape index (κ1) is 40.0. The van der Waals surface area contributed by atoms with E-state index in [0.717, 1.165) is 94.0 Å². The third-order valence-corrected chi connectivity index (χ3v) is 14.2. The summed E-state index contributed by atoms with van der Waals surface area (Å²) < 4.78 is 13.6. The molecule has 6 aromatic heterocycles. The maximum Gasteiger partial charge on any atom is 0.182 e. The summed E-state index contributed by atoms with van der Waals surface area (Å²) in [5, 5.41) is 7.96. The predicted molar refractivity (Wildman–Crippen MR) is 292 cm³/mol. The van der Waals surface area contributed by atoms with Crippen LogP contribution in [-0.4, -0.2) is 33.6 Å². The van der Waals surface area contributed by atoms with Crippen LogP contribution in [0.4, 0.5) is 0 Å². The van der Waals surface area contributed by atoms with Gasteiger partial charge in [-0.25, -0.2) is 15.0 Å². The summed E-state index contributed by atoms with van der Waals surface area (Å²) in [6.45, 7) is 0. The van der Waals surface area contributed by atoms with E-state index in [9.17, 15) is 0 Å². The van der Waals surface area contributed by atoms with E-state index in [-0.39, 0.29) is 0 Å². The Morgan fingerprint density at radius 3 is 1.81 bits per heavy atom. The molecule has 0 atom stereocenters. The molecule has 6 heterocycles. The van der Waals surface area contributed by atoms with E-state index in [4.69, 9.17) is 19.4 Å². The minimum Gasteiger partial charge on any atom is -0.455 e. The second kappa shape index (κ2) is 15.8.